The summed E-state index contributed by atoms with van der Waals surface area (Å²) in [6.45, 7) is 3.30. The van der Waals surface area contributed by atoms with Gasteiger partial charge in [-0.1, -0.05) is 6.07 Å². The second-order valence-corrected chi connectivity index (χ2v) is 6.20. The lowest BCUT2D eigenvalue weighted by atomic mass is 10.2. The van der Waals surface area contributed by atoms with Gasteiger partial charge in [0.1, 0.15) is 22.3 Å². The quantitative estimate of drug-likeness (QED) is 0.831. The molecular weight excluding hydrogens is 281 g/mol. The summed E-state index contributed by atoms with van der Waals surface area (Å²) in [6, 6.07) is 6.51. The number of hydrogen-bond donors (Lipinski definition) is 0. The molecule has 0 bridgehead atoms. The van der Waals surface area contributed by atoms with E-state index in [4.69, 9.17) is 10.5 Å². The SMILES string of the molecule is CC(C)N(CCC#N)S(=O)(=O)c1cccc(F)c1C#N. The van der Waals surface area contributed by atoms with E-state index in [0.29, 0.717) is 0 Å². The summed E-state index contributed by atoms with van der Waals surface area (Å²) < 4.78 is 39.6. The summed E-state index contributed by atoms with van der Waals surface area (Å²) in [6.07, 6.45) is 0.0224. The average molecular weight is 295 g/mol. The molecule has 0 N–H and O–H groups in total. The highest BCUT2D eigenvalue weighted by Gasteiger charge is 2.30. The molecule has 1 aromatic rings. The minimum atomic E-state index is -4.02. The van der Waals surface area contributed by atoms with Crippen LogP contribution in [0.15, 0.2) is 23.1 Å². The van der Waals surface area contributed by atoms with Crippen LogP contribution in [0.1, 0.15) is 25.8 Å². The van der Waals surface area contributed by atoms with Crippen molar-refractivity contribution in [1.29, 1.82) is 10.5 Å². The maximum absolute atomic E-state index is 13.5. The molecule has 0 saturated carbocycles. The molecule has 5 nitrogen and oxygen atoms in total. The standard InChI is InChI=1S/C13H14FN3O2S/c1-10(2)17(8-4-7-15)20(18,19)13-6-3-5-12(14)11(13)9-16/h3,5-6,10H,4,8H2,1-2H3. The van der Waals surface area contributed by atoms with Crippen molar-refractivity contribution >= 4 is 10.0 Å². The zero-order valence-corrected chi connectivity index (χ0v) is 12.0. The van der Waals surface area contributed by atoms with Gasteiger partial charge in [-0.3, -0.25) is 0 Å². The van der Waals surface area contributed by atoms with Crippen LogP contribution in [0.4, 0.5) is 4.39 Å². The Morgan fingerprint density at radius 2 is 2.00 bits per heavy atom. The highest BCUT2D eigenvalue weighted by molar-refractivity contribution is 7.89. The molecule has 0 aliphatic heterocycles. The Labute approximate surface area is 117 Å². The number of rotatable bonds is 5. The van der Waals surface area contributed by atoms with Gasteiger partial charge >= 0.3 is 0 Å². The molecular formula is C13H14FN3O2S. The second kappa shape index (κ2) is 6.47. The third-order valence-electron chi connectivity index (χ3n) is 2.69. The third-order valence-corrected chi connectivity index (χ3v) is 4.81. The minimum Gasteiger partial charge on any atom is -0.207 e. The molecule has 106 valence electrons. The number of sulfonamides is 1. The first-order chi connectivity index (χ1) is 9.36. The third kappa shape index (κ3) is 3.13. The molecule has 0 heterocycles. The van der Waals surface area contributed by atoms with E-state index in [0.717, 1.165) is 10.4 Å². The van der Waals surface area contributed by atoms with Crippen molar-refractivity contribution in [3.8, 4) is 12.1 Å². The van der Waals surface area contributed by atoms with Crippen LogP contribution in [-0.4, -0.2) is 25.3 Å². The van der Waals surface area contributed by atoms with E-state index in [1.54, 1.807) is 19.9 Å². The summed E-state index contributed by atoms with van der Waals surface area (Å²) in [5.41, 5.74) is -0.505. The Morgan fingerprint density at radius 3 is 2.50 bits per heavy atom. The Bertz CT molecular complexity index is 672. The highest BCUT2D eigenvalue weighted by atomic mass is 32.2. The molecule has 0 spiro atoms. The lowest BCUT2D eigenvalue weighted by molar-refractivity contribution is 0.360. The van der Waals surface area contributed by atoms with Crippen LogP contribution in [0.2, 0.25) is 0 Å². The first-order valence-corrected chi connectivity index (χ1v) is 7.37. The van der Waals surface area contributed by atoms with Gasteiger partial charge in [0.25, 0.3) is 0 Å². The molecule has 20 heavy (non-hydrogen) atoms. The lowest BCUT2D eigenvalue weighted by Crippen LogP contribution is -2.38. The van der Waals surface area contributed by atoms with Crippen LogP contribution in [0.25, 0.3) is 0 Å². The Morgan fingerprint density at radius 1 is 1.35 bits per heavy atom. The van der Waals surface area contributed by atoms with E-state index in [9.17, 15) is 12.8 Å². The Balaban J connectivity index is 3.39. The normalized spacial score (nSPS) is 11.3. The number of hydrogen-bond acceptors (Lipinski definition) is 4. The van der Waals surface area contributed by atoms with Crippen LogP contribution in [0.5, 0.6) is 0 Å². The molecule has 0 atom stereocenters. The lowest BCUT2D eigenvalue weighted by Gasteiger charge is -2.25. The Hall–Kier alpha value is -1.96. The van der Waals surface area contributed by atoms with E-state index in [1.807, 2.05) is 6.07 Å². The topological polar surface area (TPSA) is 85.0 Å². The van der Waals surface area contributed by atoms with Crippen LogP contribution >= 0.6 is 0 Å². The van der Waals surface area contributed by atoms with Gasteiger partial charge in [0, 0.05) is 19.0 Å². The summed E-state index contributed by atoms with van der Waals surface area (Å²) in [7, 11) is -4.02. The zero-order chi connectivity index (χ0) is 15.3. The minimum absolute atomic E-state index is 0.00210. The summed E-state index contributed by atoms with van der Waals surface area (Å²) in [5, 5.41) is 17.5. The first-order valence-electron chi connectivity index (χ1n) is 5.93. The molecule has 0 radical (unpaired) electrons. The smallest absolute Gasteiger partial charge is 0.207 e. The number of nitriles is 2. The van der Waals surface area contributed by atoms with Crippen molar-refractivity contribution in [1.82, 2.24) is 4.31 Å². The van der Waals surface area contributed by atoms with Crippen molar-refractivity contribution in [2.24, 2.45) is 0 Å². The van der Waals surface area contributed by atoms with Gasteiger partial charge < -0.3 is 0 Å². The van der Waals surface area contributed by atoms with Crippen molar-refractivity contribution in [2.45, 2.75) is 31.2 Å². The average Bonchev–Trinajstić information content (AvgIpc) is 2.38. The van der Waals surface area contributed by atoms with E-state index in [1.165, 1.54) is 12.1 Å². The van der Waals surface area contributed by atoms with Crippen LogP contribution in [0, 0.1) is 28.5 Å². The molecule has 0 unspecified atom stereocenters. The number of halogens is 1. The predicted molar refractivity (Wildman–Crippen MR) is 70.4 cm³/mol. The molecule has 1 rings (SSSR count). The molecule has 1 aromatic carbocycles. The van der Waals surface area contributed by atoms with Crippen LogP contribution in [-0.2, 0) is 10.0 Å². The van der Waals surface area contributed by atoms with Gasteiger partial charge in [-0.05, 0) is 26.0 Å². The summed E-state index contributed by atoms with van der Waals surface area (Å²) >= 11 is 0. The van der Waals surface area contributed by atoms with E-state index in [-0.39, 0.29) is 17.9 Å². The van der Waals surface area contributed by atoms with Gasteiger partial charge in [0.15, 0.2) is 0 Å². The maximum atomic E-state index is 13.5. The van der Waals surface area contributed by atoms with Crippen molar-refractivity contribution < 1.29 is 12.8 Å². The largest absolute Gasteiger partial charge is 0.244 e. The molecule has 0 aliphatic rings. The fourth-order valence-electron chi connectivity index (χ4n) is 1.77. The van der Waals surface area contributed by atoms with E-state index in [2.05, 4.69) is 0 Å². The van der Waals surface area contributed by atoms with Crippen LogP contribution < -0.4 is 0 Å². The van der Waals surface area contributed by atoms with Gasteiger partial charge in [-0.25, -0.2) is 12.8 Å². The summed E-state index contributed by atoms with van der Waals surface area (Å²) in [4.78, 5) is -0.369. The Kier molecular flexibility index (Phi) is 5.20. The van der Waals surface area contributed by atoms with Crippen molar-refractivity contribution in [2.75, 3.05) is 6.54 Å². The zero-order valence-electron chi connectivity index (χ0n) is 11.2. The maximum Gasteiger partial charge on any atom is 0.244 e. The van der Waals surface area contributed by atoms with Gasteiger partial charge in [0.2, 0.25) is 10.0 Å². The predicted octanol–water partition coefficient (Wildman–Crippen LogP) is 2.01. The molecule has 0 saturated heterocycles. The van der Waals surface area contributed by atoms with Crippen molar-refractivity contribution in [3.63, 3.8) is 0 Å². The fourth-order valence-corrected chi connectivity index (χ4v) is 3.56. The molecule has 0 aliphatic carbocycles. The summed E-state index contributed by atoms with van der Waals surface area (Å²) in [5.74, 6) is -0.877. The molecule has 0 aromatic heterocycles. The van der Waals surface area contributed by atoms with E-state index < -0.39 is 27.4 Å². The second-order valence-electron chi connectivity index (χ2n) is 4.34. The van der Waals surface area contributed by atoms with Gasteiger partial charge in [-0.2, -0.15) is 14.8 Å². The van der Waals surface area contributed by atoms with Gasteiger partial charge in [0.05, 0.1) is 6.07 Å². The van der Waals surface area contributed by atoms with Crippen LogP contribution in [0.3, 0.4) is 0 Å². The number of nitrogens with zero attached hydrogens (tertiary/aromatic N) is 3. The molecule has 0 fully saturated rings. The number of benzene rings is 1. The first kappa shape index (κ1) is 16.1. The monoisotopic (exact) mass is 295 g/mol. The molecule has 0 amide bonds. The van der Waals surface area contributed by atoms with Crippen molar-refractivity contribution in [3.05, 3.63) is 29.6 Å². The molecule has 7 heteroatoms. The van der Waals surface area contributed by atoms with E-state index >= 15 is 0 Å². The highest BCUT2D eigenvalue weighted by Crippen LogP contribution is 2.23. The fraction of sp³-hybridized carbons (Fsp3) is 0.385. The van der Waals surface area contributed by atoms with Gasteiger partial charge in [-0.15, -0.1) is 0 Å².